The Morgan fingerprint density at radius 3 is 2.42 bits per heavy atom. The van der Waals surface area contributed by atoms with Gasteiger partial charge in [0.2, 0.25) is 0 Å². The highest BCUT2D eigenvalue weighted by Gasteiger charge is 2.12. The zero-order valence-electron chi connectivity index (χ0n) is 17.3. The van der Waals surface area contributed by atoms with Gasteiger partial charge in [0, 0.05) is 18.4 Å². The number of aryl methyl sites for hydroxylation is 2. The molecule has 0 aliphatic heterocycles. The Morgan fingerprint density at radius 1 is 1.00 bits per heavy atom. The lowest BCUT2D eigenvalue weighted by Crippen LogP contribution is -2.30. The minimum absolute atomic E-state index is 0.118. The van der Waals surface area contributed by atoms with E-state index in [9.17, 15) is 9.59 Å². The fourth-order valence-corrected chi connectivity index (χ4v) is 3.47. The predicted molar refractivity (Wildman–Crippen MR) is 121 cm³/mol. The van der Waals surface area contributed by atoms with Crippen LogP contribution in [0.3, 0.4) is 0 Å². The second kappa shape index (κ2) is 9.26. The summed E-state index contributed by atoms with van der Waals surface area (Å²) >= 11 is 0. The molecule has 156 valence electrons. The standard InChI is InChI=1S/C25H24N4O2/c1-18-20(17-29(28-18)21-12-6-3-7-13-21)11-8-16-26-24(30)22-14-15-23(27-25(22)31)19-9-4-2-5-10-19/h2-7,9-10,12-15,17H,8,11,16H2,1H3,(H,26,30)(H,27,31). The van der Waals surface area contributed by atoms with Gasteiger partial charge in [0.05, 0.1) is 11.4 Å². The summed E-state index contributed by atoms with van der Waals surface area (Å²) in [6.45, 7) is 2.47. The molecule has 0 saturated carbocycles. The average Bonchev–Trinajstić information content (AvgIpc) is 3.18. The highest BCUT2D eigenvalue weighted by Crippen LogP contribution is 2.15. The van der Waals surface area contributed by atoms with Gasteiger partial charge < -0.3 is 10.3 Å². The van der Waals surface area contributed by atoms with Crippen molar-refractivity contribution >= 4 is 5.91 Å². The van der Waals surface area contributed by atoms with Crippen LogP contribution in [0, 0.1) is 6.92 Å². The minimum Gasteiger partial charge on any atom is -0.352 e. The van der Waals surface area contributed by atoms with E-state index < -0.39 is 0 Å². The number of para-hydroxylation sites is 1. The van der Waals surface area contributed by atoms with Gasteiger partial charge in [-0.05, 0) is 55.2 Å². The van der Waals surface area contributed by atoms with Crippen LogP contribution in [0.1, 0.15) is 28.0 Å². The molecule has 4 aromatic rings. The quantitative estimate of drug-likeness (QED) is 0.452. The van der Waals surface area contributed by atoms with Crippen LogP contribution in [0.5, 0.6) is 0 Å². The molecule has 2 heterocycles. The number of hydrogen-bond acceptors (Lipinski definition) is 3. The number of nitrogens with one attached hydrogen (secondary N) is 2. The predicted octanol–water partition coefficient (Wildman–Crippen LogP) is 3.90. The zero-order valence-corrected chi connectivity index (χ0v) is 17.3. The molecule has 6 heteroatoms. The summed E-state index contributed by atoms with van der Waals surface area (Å²) in [6, 6.07) is 22.8. The fourth-order valence-electron chi connectivity index (χ4n) is 3.47. The number of aromatic nitrogens is 3. The Hall–Kier alpha value is -3.93. The molecule has 0 saturated heterocycles. The Balaban J connectivity index is 1.33. The molecule has 0 unspecified atom stereocenters. The monoisotopic (exact) mass is 412 g/mol. The van der Waals surface area contributed by atoms with Gasteiger partial charge in [-0.25, -0.2) is 4.68 Å². The number of carbonyl (C=O) groups is 1. The van der Waals surface area contributed by atoms with Crippen LogP contribution in [0.15, 0.2) is 83.8 Å². The minimum atomic E-state index is -0.390. The maximum atomic E-state index is 12.4. The summed E-state index contributed by atoms with van der Waals surface area (Å²) in [7, 11) is 0. The zero-order chi connectivity index (χ0) is 21.6. The van der Waals surface area contributed by atoms with Crippen molar-refractivity contribution in [2.24, 2.45) is 0 Å². The van der Waals surface area contributed by atoms with Crippen LogP contribution in [0.2, 0.25) is 0 Å². The van der Waals surface area contributed by atoms with Crippen LogP contribution >= 0.6 is 0 Å². The number of rotatable bonds is 7. The number of benzene rings is 2. The smallest absolute Gasteiger partial charge is 0.261 e. The molecule has 4 rings (SSSR count). The summed E-state index contributed by atoms with van der Waals surface area (Å²) in [5, 5.41) is 7.41. The summed E-state index contributed by atoms with van der Waals surface area (Å²) in [4.78, 5) is 27.6. The van der Waals surface area contributed by atoms with E-state index in [0.29, 0.717) is 12.2 Å². The number of nitrogens with zero attached hydrogens (tertiary/aromatic N) is 2. The van der Waals surface area contributed by atoms with Crippen molar-refractivity contribution < 1.29 is 4.79 Å². The molecular weight excluding hydrogens is 388 g/mol. The number of amides is 1. The van der Waals surface area contributed by atoms with Gasteiger partial charge in [-0.2, -0.15) is 5.10 Å². The van der Waals surface area contributed by atoms with Gasteiger partial charge in [-0.1, -0.05) is 48.5 Å². The van der Waals surface area contributed by atoms with Crippen LogP contribution in [0.25, 0.3) is 16.9 Å². The number of carbonyl (C=O) groups excluding carboxylic acids is 1. The first-order chi connectivity index (χ1) is 15.1. The lowest BCUT2D eigenvalue weighted by atomic mass is 10.1. The van der Waals surface area contributed by atoms with Crippen LogP contribution in [0.4, 0.5) is 0 Å². The van der Waals surface area contributed by atoms with Gasteiger partial charge >= 0.3 is 0 Å². The highest BCUT2D eigenvalue weighted by atomic mass is 16.2. The summed E-state index contributed by atoms with van der Waals surface area (Å²) in [5.74, 6) is -0.363. The number of pyridine rings is 1. The molecule has 2 aromatic heterocycles. The van der Waals surface area contributed by atoms with Crippen molar-refractivity contribution in [1.29, 1.82) is 0 Å². The Morgan fingerprint density at radius 2 is 1.71 bits per heavy atom. The molecular formula is C25H24N4O2. The van der Waals surface area contributed by atoms with E-state index in [0.717, 1.165) is 35.3 Å². The van der Waals surface area contributed by atoms with E-state index in [4.69, 9.17) is 0 Å². The Kier molecular flexibility index (Phi) is 6.08. The second-order valence-corrected chi connectivity index (χ2v) is 7.36. The molecule has 0 atom stereocenters. The average molecular weight is 412 g/mol. The maximum Gasteiger partial charge on any atom is 0.261 e. The lowest BCUT2D eigenvalue weighted by molar-refractivity contribution is 0.0951. The summed E-state index contributed by atoms with van der Waals surface area (Å²) in [6.07, 6.45) is 3.58. The number of hydrogen-bond donors (Lipinski definition) is 2. The molecule has 1 amide bonds. The van der Waals surface area contributed by atoms with E-state index in [1.165, 1.54) is 0 Å². The third kappa shape index (κ3) is 4.80. The van der Waals surface area contributed by atoms with Crippen LogP contribution in [-0.2, 0) is 6.42 Å². The molecule has 2 N–H and O–H groups in total. The number of H-pyrrole nitrogens is 1. The van der Waals surface area contributed by atoms with Gasteiger partial charge in [-0.3, -0.25) is 9.59 Å². The number of aromatic amines is 1. The van der Waals surface area contributed by atoms with Crippen LogP contribution < -0.4 is 10.9 Å². The van der Waals surface area contributed by atoms with E-state index in [2.05, 4.69) is 15.4 Å². The first-order valence-corrected chi connectivity index (χ1v) is 10.3. The van der Waals surface area contributed by atoms with E-state index in [1.807, 2.05) is 78.5 Å². The van der Waals surface area contributed by atoms with Crippen molar-refractivity contribution in [2.75, 3.05) is 6.54 Å². The molecule has 0 aliphatic rings. The van der Waals surface area contributed by atoms with E-state index in [-0.39, 0.29) is 17.0 Å². The van der Waals surface area contributed by atoms with Crippen molar-refractivity contribution in [2.45, 2.75) is 19.8 Å². The van der Waals surface area contributed by atoms with Gasteiger partial charge in [-0.15, -0.1) is 0 Å². The van der Waals surface area contributed by atoms with E-state index in [1.54, 1.807) is 12.1 Å². The second-order valence-electron chi connectivity index (χ2n) is 7.36. The molecule has 0 radical (unpaired) electrons. The summed E-state index contributed by atoms with van der Waals surface area (Å²) < 4.78 is 1.87. The fraction of sp³-hybridized carbons (Fsp3) is 0.160. The Bertz CT molecular complexity index is 1230. The molecule has 6 nitrogen and oxygen atoms in total. The molecule has 0 spiro atoms. The van der Waals surface area contributed by atoms with Crippen molar-refractivity contribution in [3.63, 3.8) is 0 Å². The first kappa shape index (κ1) is 20.3. The Labute approximate surface area is 180 Å². The van der Waals surface area contributed by atoms with Crippen molar-refractivity contribution in [1.82, 2.24) is 20.1 Å². The summed E-state index contributed by atoms with van der Waals surface area (Å²) in [5.41, 5.74) is 4.45. The first-order valence-electron chi connectivity index (χ1n) is 10.3. The van der Waals surface area contributed by atoms with Gasteiger partial charge in [0.25, 0.3) is 11.5 Å². The normalized spacial score (nSPS) is 10.7. The molecule has 0 fully saturated rings. The highest BCUT2D eigenvalue weighted by molar-refractivity contribution is 5.94. The largest absolute Gasteiger partial charge is 0.352 e. The van der Waals surface area contributed by atoms with Crippen molar-refractivity contribution in [3.8, 4) is 16.9 Å². The third-order valence-electron chi connectivity index (χ3n) is 5.17. The molecule has 0 aliphatic carbocycles. The molecule has 31 heavy (non-hydrogen) atoms. The van der Waals surface area contributed by atoms with Gasteiger partial charge in [0.15, 0.2) is 0 Å². The van der Waals surface area contributed by atoms with E-state index >= 15 is 0 Å². The maximum absolute atomic E-state index is 12.4. The SMILES string of the molecule is Cc1nn(-c2ccccc2)cc1CCCNC(=O)c1ccc(-c2ccccc2)[nH]c1=O. The van der Waals surface area contributed by atoms with Crippen molar-refractivity contribution in [3.05, 3.63) is 106 Å². The third-order valence-corrected chi connectivity index (χ3v) is 5.17. The lowest BCUT2D eigenvalue weighted by Gasteiger charge is -2.06. The molecule has 0 bridgehead atoms. The van der Waals surface area contributed by atoms with Gasteiger partial charge in [0.1, 0.15) is 5.56 Å². The van der Waals surface area contributed by atoms with Crippen LogP contribution in [-0.4, -0.2) is 27.2 Å². The molecule has 2 aromatic carbocycles. The topological polar surface area (TPSA) is 79.8 Å².